The van der Waals surface area contributed by atoms with Gasteiger partial charge in [-0.15, -0.1) is 0 Å². The second-order valence-corrected chi connectivity index (χ2v) is 6.96. The third-order valence-corrected chi connectivity index (χ3v) is 5.06. The van der Waals surface area contributed by atoms with Crippen molar-refractivity contribution < 1.29 is 13.2 Å². The number of hydrogen-bond donors (Lipinski definition) is 2. The second kappa shape index (κ2) is 4.71. The maximum absolute atomic E-state index is 11.6. The Morgan fingerprint density at radius 2 is 2.19 bits per heavy atom. The van der Waals surface area contributed by atoms with E-state index in [1.54, 1.807) is 0 Å². The largest absolute Gasteiger partial charge is 0.352 e. The molecule has 2 saturated heterocycles. The van der Waals surface area contributed by atoms with Crippen molar-refractivity contribution in [2.45, 2.75) is 25.3 Å². The summed E-state index contributed by atoms with van der Waals surface area (Å²) < 4.78 is 22.5. The fourth-order valence-electron chi connectivity index (χ4n) is 2.36. The highest BCUT2D eigenvalue weighted by Crippen LogP contribution is 2.21. The average Bonchev–Trinajstić information content (AvgIpc) is 2.76. The van der Waals surface area contributed by atoms with Crippen molar-refractivity contribution in [3.05, 3.63) is 0 Å². The van der Waals surface area contributed by atoms with Gasteiger partial charge in [0.1, 0.15) is 0 Å². The maximum atomic E-state index is 11.6. The summed E-state index contributed by atoms with van der Waals surface area (Å²) in [4.78, 5) is 11.6. The standard InChI is InChI=1S/C10H18N2O3S/c13-10(12-9-1-3-11-6-9)5-8-2-4-16(14,15)7-8/h8-9,11H,1-7H2,(H,12,13)/t8?,9-/m0/s1. The molecule has 6 heteroatoms. The SMILES string of the molecule is O=C(CC1CCS(=O)(=O)C1)N[C@H]1CCNC1. The zero-order chi connectivity index (χ0) is 11.6. The van der Waals surface area contributed by atoms with Crippen molar-refractivity contribution >= 4 is 15.7 Å². The molecule has 1 unspecified atom stereocenters. The molecular formula is C10H18N2O3S. The highest BCUT2D eigenvalue weighted by Gasteiger charge is 2.30. The summed E-state index contributed by atoms with van der Waals surface area (Å²) >= 11 is 0. The first-order valence-electron chi connectivity index (χ1n) is 5.76. The first-order chi connectivity index (χ1) is 7.55. The third-order valence-electron chi connectivity index (χ3n) is 3.23. The van der Waals surface area contributed by atoms with Crippen LogP contribution in [0.3, 0.4) is 0 Å². The highest BCUT2D eigenvalue weighted by atomic mass is 32.2. The van der Waals surface area contributed by atoms with Gasteiger partial charge in [0.15, 0.2) is 9.84 Å². The number of carbonyl (C=O) groups excluding carboxylic acids is 1. The van der Waals surface area contributed by atoms with Gasteiger partial charge in [-0.1, -0.05) is 0 Å². The molecule has 2 N–H and O–H groups in total. The minimum Gasteiger partial charge on any atom is -0.352 e. The minimum atomic E-state index is -2.86. The quantitative estimate of drug-likeness (QED) is 0.690. The van der Waals surface area contributed by atoms with Crippen molar-refractivity contribution in [2.24, 2.45) is 5.92 Å². The predicted octanol–water partition coefficient (Wildman–Crippen LogP) is -0.711. The molecule has 0 aromatic rings. The molecule has 0 bridgehead atoms. The van der Waals surface area contributed by atoms with Gasteiger partial charge in [-0.2, -0.15) is 0 Å². The van der Waals surface area contributed by atoms with E-state index in [-0.39, 0.29) is 29.4 Å². The van der Waals surface area contributed by atoms with Gasteiger partial charge in [0.2, 0.25) is 5.91 Å². The van der Waals surface area contributed by atoms with E-state index in [2.05, 4.69) is 10.6 Å². The molecule has 0 spiro atoms. The van der Waals surface area contributed by atoms with Crippen molar-refractivity contribution in [2.75, 3.05) is 24.6 Å². The van der Waals surface area contributed by atoms with E-state index in [4.69, 9.17) is 0 Å². The van der Waals surface area contributed by atoms with Crippen LogP contribution in [0.15, 0.2) is 0 Å². The summed E-state index contributed by atoms with van der Waals surface area (Å²) in [5, 5.41) is 6.11. The second-order valence-electron chi connectivity index (χ2n) is 4.73. The Kier molecular flexibility index (Phi) is 3.49. The van der Waals surface area contributed by atoms with Gasteiger partial charge in [-0.05, 0) is 25.3 Å². The molecule has 16 heavy (non-hydrogen) atoms. The molecule has 0 radical (unpaired) electrons. The summed E-state index contributed by atoms with van der Waals surface area (Å²) in [6.07, 6.45) is 1.96. The summed E-state index contributed by atoms with van der Waals surface area (Å²) in [5.41, 5.74) is 0. The van der Waals surface area contributed by atoms with E-state index in [1.807, 2.05) is 0 Å². The maximum Gasteiger partial charge on any atom is 0.220 e. The van der Waals surface area contributed by atoms with Gasteiger partial charge >= 0.3 is 0 Å². The number of carbonyl (C=O) groups is 1. The Labute approximate surface area is 95.9 Å². The van der Waals surface area contributed by atoms with Crippen LogP contribution in [0, 0.1) is 5.92 Å². The molecule has 2 fully saturated rings. The van der Waals surface area contributed by atoms with Crippen LogP contribution in [0.2, 0.25) is 0 Å². The fourth-order valence-corrected chi connectivity index (χ4v) is 4.22. The molecule has 0 saturated carbocycles. The number of nitrogens with one attached hydrogen (secondary N) is 2. The monoisotopic (exact) mass is 246 g/mol. The summed E-state index contributed by atoms with van der Waals surface area (Å²) in [6.45, 7) is 1.78. The molecule has 0 aliphatic carbocycles. The van der Waals surface area contributed by atoms with E-state index in [0.29, 0.717) is 12.8 Å². The summed E-state index contributed by atoms with van der Waals surface area (Å²) in [6, 6.07) is 0.227. The van der Waals surface area contributed by atoms with E-state index < -0.39 is 9.84 Å². The summed E-state index contributed by atoms with van der Waals surface area (Å²) in [7, 11) is -2.86. The molecular weight excluding hydrogens is 228 g/mol. The lowest BCUT2D eigenvalue weighted by molar-refractivity contribution is -0.122. The summed E-state index contributed by atoms with van der Waals surface area (Å²) in [5.74, 6) is 0.453. The van der Waals surface area contributed by atoms with Crippen molar-refractivity contribution in [1.82, 2.24) is 10.6 Å². The normalized spacial score (nSPS) is 32.8. The van der Waals surface area contributed by atoms with Gasteiger partial charge in [0.25, 0.3) is 0 Å². The third kappa shape index (κ3) is 3.18. The molecule has 92 valence electrons. The van der Waals surface area contributed by atoms with Crippen LogP contribution < -0.4 is 10.6 Å². The van der Waals surface area contributed by atoms with Gasteiger partial charge in [-0.25, -0.2) is 8.42 Å². The smallest absolute Gasteiger partial charge is 0.220 e. The van der Waals surface area contributed by atoms with Crippen LogP contribution >= 0.6 is 0 Å². The van der Waals surface area contributed by atoms with Crippen molar-refractivity contribution in [3.8, 4) is 0 Å². The van der Waals surface area contributed by atoms with E-state index >= 15 is 0 Å². The molecule has 0 aromatic carbocycles. The van der Waals surface area contributed by atoms with Crippen LogP contribution in [0.5, 0.6) is 0 Å². The Hall–Kier alpha value is -0.620. The number of sulfone groups is 1. The molecule has 1 amide bonds. The molecule has 0 aromatic heterocycles. The van der Waals surface area contributed by atoms with Crippen LogP contribution in [0.1, 0.15) is 19.3 Å². The number of hydrogen-bond acceptors (Lipinski definition) is 4. The van der Waals surface area contributed by atoms with Gasteiger partial charge in [0.05, 0.1) is 11.5 Å². The molecule has 5 nitrogen and oxygen atoms in total. The van der Waals surface area contributed by atoms with Crippen molar-refractivity contribution in [3.63, 3.8) is 0 Å². The molecule has 2 heterocycles. The van der Waals surface area contributed by atoms with Gasteiger partial charge in [-0.3, -0.25) is 4.79 Å². The molecule has 2 atom stereocenters. The minimum absolute atomic E-state index is 0.00389. The first-order valence-corrected chi connectivity index (χ1v) is 7.58. The van der Waals surface area contributed by atoms with E-state index in [1.165, 1.54) is 0 Å². The van der Waals surface area contributed by atoms with Crippen LogP contribution in [-0.4, -0.2) is 45.0 Å². The Bertz CT molecular complexity index is 360. The van der Waals surface area contributed by atoms with Crippen LogP contribution in [0.25, 0.3) is 0 Å². The molecule has 2 aliphatic rings. The topological polar surface area (TPSA) is 75.3 Å². The fraction of sp³-hybridized carbons (Fsp3) is 0.900. The first kappa shape index (κ1) is 11.9. The molecule has 2 aliphatic heterocycles. The van der Waals surface area contributed by atoms with Crippen molar-refractivity contribution in [1.29, 1.82) is 0 Å². The van der Waals surface area contributed by atoms with E-state index in [9.17, 15) is 13.2 Å². The lowest BCUT2D eigenvalue weighted by atomic mass is 10.0. The number of rotatable bonds is 3. The lowest BCUT2D eigenvalue weighted by Gasteiger charge is -2.13. The zero-order valence-corrected chi connectivity index (χ0v) is 10.1. The Morgan fingerprint density at radius 3 is 2.75 bits per heavy atom. The lowest BCUT2D eigenvalue weighted by Crippen LogP contribution is -2.37. The Balaban J connectivity index is 1.75. The Morgan fingerprint density at radius 1 is 1.38 bits per heavy atom. The average molecular weight is 246 g/mol. The highest BCUT2D eigenvalue weighted by molar-refractivity contribution is 7.91. The van der Waals surface area contributed by atoms with Crippen LogP contribution in [0.4, 0.5) is 0 Å². The van der Waals surface area contributed by atoms with Gasteiger partial charge in [0, 0.05) is 19.0 Å². The van der Waals surface area contributed by atoms with Gasteiger partial charge < -0.3 is 10.6 Å². The zero-order valence-electron chi connectivity index (χ0n) is 9.24. The van der Waals surface area contributed by atoms with Crippen LogP contribution in [-0.2, 0) is 14.6 Å². The van der Waals surface area contributed by atoms with E-state index in [0.717, 1.165) is 19.5 Å². The predicted molar refractivity (Wildman–Crippen MR) is 60.8 cm³/mol. The number of amides is 1. The molecule has 2 rings (SSSR count).